The van der Waals surface area contributed by atoms with E-state index in [0.29, 0.717) is 30.6 Å². The lowest BCUT2D eigenvalue weighted by Crippen LogP contribution is -2.43. The molecule has 1 aromatic heterocycles. The van der Waals surface area contributed by atoms with Crippen molar-refractivity contribution in [2.75, 3.05) is 13.7 Å². The number of esters is 1. The summed E-state index contributed by atoms with van der Waals surface area (Å²) in [6.45, 7) is 6.20. The highest BCUT2D eigenvalue weighted by Crippen LogP contribution is 2.52. The van der Waals surface area contributed by atoms with Gasteiger partial charge in [-0.05, 0) is 64.9 Å². The summed E-state index contributed by atoms with van der Waals surface area (Å²) in [7, 11) is 1.43. The first-order valence-corrected chi connectivity index (χ1v) is 12.7. The van der Waals surface area contributed by atoms with Crippen LogP contribution in [0.1, 0.15) is 88.4 Å². The van der Waals surface area contributed by atoms with Crippen LogP contribution in [0.4, 0.5) is 4.79 Å². The van der Waals surface area contributed by atoms with E-state index in [4.69, 9.17) is 19.0 Å². The third kappa shape index (κ3) is 5.07. The van der Waals surface area contributed by atoms with Crippen LogP contribution < -0.4 is 0 Å². The van der Waals surface area contributed by atoms with Crippen molar-refractivity contribution in [2.45, 2.75) is 88.2 Å². The SMILES string of the molecule is COC(=O)[C@H]1CC[C@@H](c2nc(C3(CN(C(=O)OC(C)(C)C)[C@H]4CC4c4ccccc4)CC3)no2)C1. The van der Waals surface area contributed by atoms with Crippen LogP contribution in [-0.2, 0) is 19.7 Å². The van der Waals surface area contributed by atoms with E-state index < -0.39 is 5.60 Å². The first kappa shape index (κ1) is 23.8. The number of carbonyl (C=O) groups excluding carboxylic acids is 2. The van der Waals surface area contributed by atoms with E-state index in [1.54, 1.807) is 0 Å². The van der Waals surface area contributed by atoms with Crippen LogP contribution in [0.15, 0.2) is 34.9 Å². The molecule has 0 N–H and O–H groups in total. The molecule has 3 aliphatic carbocycles. The van der Waals surface area contributed by atoms with Gasteiger partial charge < -0.3 is 18.9 Å². The fourth-order valence-corrected chi connectivity index (χ4v) is 5.35. The van der Waals surface area contributed by atoms with Gasteiger partial charge in [0.05, 0.1) is 18.4 Å². The van der Waals surface area contributed by atoms with Crippen molar-refractivity contribution in [1.29, 1.82) is 0 Å². The molecular formula is C27H35N3O5. The molecule has 8 heteroatoms. The van der Waals surface area contributed by atoms with Crippen molar-refractivity contribution >= 4 is 12.1 Å². The molecule has 5 rings (SSSR count). The fourth-order valence-electron chi connectivity index (χ4n) is 5.35. The van der Waals surface area contributed by atoms with Crippen LogP contribution in [0, 0.1) is 5.92 Å². The molecule has 3 saturated carbocycles. The Morgan fingerprint density at radius 3 is 2.54 bits per heavy atom. The summed E-state index contributed by atoms with van der Waals surface area (Å²) in [6.07, 6.45) is 4.73. The lowest BCUT2D eigenvalue weighted by atomic mass is 10.0. The van der Waals surface area contributed by atoms with E-state index in [2.05, 4.69) is 17.3 Å². The monoisotopic (exact) mass is 481 g/mol. The molecule has 3 fully saturated rings. The van der Waals surface area contributed by atoms with Crippen molar-refractivity contribution in [3.8, 4) is 0 Å². The molecule has 0 bridgehead atoms. The summed E-state index contributed by atoms with van der Waals surface area (Å²) in [5.41, 5.74) is 0.378. The molecular weight excluding hydrogens is 446 g/mol. The quantitative estimate of drug-likeness (QED) is 0.516. The van der Waals surface area contributed by atoms with Gasteiger partial charge in [-0.25, -0.2) is 4.79 Å². The maximum atomic E-state index is 13.3. The molecule has 1 amide bonds. The third-order valence-electron chi connectivity index (χ3n) is 7.57. The van der Waals surface area contributed by atoms with Crippen molar-refractivity contribution in [1.82, 2.24) is 15.0 Å². The molecule has 0 saturated heterocycles. The van der Waals surface area contributed by atoms with Gasteiger partial charge in [0, 0.05) is 24.4 Å². The zero-order chi connectivity index (χ0) is 24.8. The van der Waals surface area contributed by atoms with Crippen LogP contribution in [0.2, 0.25) is 0 Å². The number of nitrogens with zero attached hydrogens (tertiary/aromatic N) is 3. The number of aromatic nitrogens is 2. The minimum Gasteiger partial charge on any atom is -0.469 e. The number of hydrogen-bond acceptors (Lipinski definition) is 7. The van der Waals surface area contributed by atoms with Gasteiger partial charge in [0.25, 0.3) is 0 Å². The first-order chi connectivity index (χ1) is 16.7. The molecule has 4 atom stereocenters. The Kier molecular flexibility index (Phi) is 6.09. The van der Waals surface area contributed by atoms with E-state index in [1.165, 1.54) is 12.7 Å². The zero-order valence-corrected chi connectivity index (χ0v) is 21.0. The molecule has 8 nitrogen and oxygen atoms in total. The van der Waals surface area contributed by atoms with Crippen LogP contribution in [0.5, 0.6) is 0 Å². The summed E-state index contributed by atoms with van der Waals surface area (Å²) < 4.78 is 16.4. The number of benzene rings is 1. The minimum atomic E-state index is -0.568. The molecule has 1 aromatic carbocycles. The second-order valence-electron chi connectivity index (χ2n) is 11.4. The summed E-state index contributed by atoms with van der Waals surface area (Å²) in [4.78, 5) is 31.9. The number of amides is 1. The Hall–Kier alpha value is -2.90. The largest absolute Gasteiger partial charge is 0.469 e. The summed E-state index contributed by atoms with van der Waals surface area (Å²) in [5, 5.41) is 4.35. The second kappa shape index (κ2) is 8.95. The molecule has 1 unspecified atom stereocenters. The maximum absolute atomic E-state index is 13.3. The van der Waals surface area contributed by atoms with E-state index in [0.717, 1.165) is 32.1 Å². The summed E-state index contributed by atoms with van der Waals surface area (Å²) in [6, 6.07) is 10.4. The Labute approximate surface area is 206 Å². The van der Waals surface area contributed by atoms with E-state index >= 15 is 0 Å². The average molecular weight is 482 g/mol. The number of ether oxygens (including phenoxy) is 2. The van der Waals surface area contributed by atoms with Crippen molar-refractivity contribution < 1.29 is 23.6 Å². The van der Waals surface area contributed by atoms with Crippen LogP contribution in [0.3, 0.4) is 0 Å². The van der Waals surface area contributed by atoms with E-state index in [1.807, 2.05) is 43.9 Å². The second-order valence-corrected chi connectivity index (χ2v) is 11.4. The molecule has 35 heavy (non-hydrogen) atoms. The van der Waals surface area contributed by atoms with Crippen LogP contribution in [-0.4, -0.2) is 52.4 Å². The number of rotatable bonds is 7. The van der Waals surface area contributed by atoms with Gasteiger partial charge in [-0.2, -0.15) is 4.98 Å². The van der Waals surface area contributed by atoms with Gasteiger partial charge >= 0.3 is 12.1 Å². The number of methoxy groups -OCH3 is 1. The van der Waals surface area contributed by atoms with Gasteiger partial charge in [-0.1, -0.05) is 35.5 Å². The topological polar surface area (TPSA) is 94.8 Å². The molecule has 1 heterocycles. The van der Waals surface area contributed by atoms with Crippen LogP contribution in [0.25, 0.3) is 0 Å². The lowest BCUT2D eigenvalue weighted by molar-refractivity contribution is -0.145. The number of hydrogen-bond donors (Lipinski definition) is 0. The molecule has 0 radical (unpaired) electrons. The smallest absolute Gasteiger partial charge is 0.410 e. The van der Waals surface area contributed by atoms with Gasteiger partial charge in [0.1, 0.15) is 5.60 Å². The number of carbonyl (C=O) groups is 2. The fraction of sp³-hybridized carbons (Fsp3) is 0.630. The van der Waals surface area contributed by atoms with Gasteiger partial charge in [0.15, 0.2) is 5.82 Å². The predicted octanol–water partition coefficient (Wildman–Crippen LogP) is 4.95. The Bertz CT molecular complexity index is 1070. The van der Waals surface area contributed by atoms with E-state index in [9.17, 15) is 9.59 Å². The van der Waals surface area contributed by atoms with Gasteiger partial charge in [0.2, 0.25) is 5.89 Å². The normalized spacial score (nSPS) is 26.7. The minimum absolute atomic E-state index is 0.0732. The molecule has 188 valence electrons. The Morgan fingerprint density at radius 1 is 1.14 bits per heavy atom. The highest BCUT2D eigenvalue weighted by atomic mass is 16.6. The molecule has 2 aromatic rings. The Balaban J connectivity index is 1.32. The van der Waals surface area contributed by atoms with Gasteiger partial charge in [-0.15, -0.1) is 0 Å². The predicted molar refractivity (Wildman–Crippen MR) is 128 cm³/mol. The van der Waals surface area contributed by atoms with Gasteiger partial charge in [-0.3, -0.25) is 4.79 Å². The Morgan fingerprint density at radius 2 is 1.89 bits per heavy atom. The highest BCUT2D eigenvalue weighted by molar-refractivity contribution is 5.72. The molecule has 3 aliphatic rings. The lowest BCUT2D eigenvalue weighted by Gasteiger charge is -2.30. The average Bonchev–Trinajstić information content (AvgIpc) is 3.67. The highest BCUT2D eigenvalue weighted by Gasteiger charge is 2.55. The third-order valence-corrected chi connectivity index (χ3v) is 7.57. The van der Waals surface area contributed by atoms with E-state index in [-0.39, 0.29) is 35.4 Å². The van der Waals surface area contributed by atoms with Crippen molar-refractivity contribution in [3.63, 3.8) is 0 Å². The van der Waals surface area contributed by atoms with Crippen LogP contribution >= 0.6 is 0 Å². The standard InChI is InChI=1S/C27H35N3O5/c1-26(2,3)34-25(32)30(21-15-20(21)17-8-6-5-7-9-17)16-27(12-13-27)24-28-22(35-29-24)18-10-11-19(14-18)23(31)33-4/h5-9,18-21H,10-16H2,1-4H3/t18-,19+,20?,21+/m1/s1. The van der Waals surface area contributed by atoms with Crippen molar-refractivity contribution in [2.24, 2.45) is 5.92 Å². The first-order valence-electron chi connectivity index (χ1n) is 12.7. The summed E-state index contributed by atoms with van der Waals surface area (Å²) in [5.74, 6) is 1.37. The molecule has 0 spiro atoms. The zero-order valence-electron chi connectivity index (χ0n) is 21.0. The van der Waals surface area contributed by atoms with Crippen molar-refractivity contribution in [3.05, 3.63) is 47.6 Å². The summed E-state index contributed by atoms with van der Waals surface area (Å²) >= 11 is 0. The maximum Gasteiger partial charge on any atom is 0.410 e. The molecule has 0 aliphatic heterocycles.